The van der Waals surface area contributed by atoms with Crippen LogP contribution in [0.4, 0.5) is 0 Å². The molecule has 8 nitrogen and oxygen atoms in total. The van der Waals surface area contributed by atoms with Crippen molar-refractivity contribution < 1.29 is 86.2 Å². The molecule has 0 saturated heterocycles. The molecular weight excluding hydrogens is 643 g/mol. The van der Waals surface area contributed by atoms with Crippen molar-refractivity contribution in [2.24, 2.45) is 0 Å². The van der Waals surface area contributed by atoms with E-state index < -0.39 is 62.8 Å². The van der Waals surface area contributed by atoms with Crippen LogP contribution in [0.5, 0.6) is 0 Å². The molecule has 14 heteroatoms. The van der Waals surface area contributed by atoms with Gasteiger partial charge < -0.3 is 0 Å². The zero-order valence-corrected chi connectivity index (χ0v) is 24.8. The maximum absolute atomic E-state index is 8.53. The first-order chi connectivity index (χ1) is 5.66. The van der Waals surface area contributed by atoms with Gasteiger partial charge in [-0.05, 0) is 0 Å². The summed E-state index contributed by atoms with van der Waals surface area (Å²) in [7, 11) is 0. The molecule has 0 rings (SSSR count). The average Bonchev–Trinajstić information content (AvgIpc) is 1.92. The molecule has 0 radical (unpaired) electrons. The van der Waals surface area contributed by atoms with Gasteiger partial charge in [-0.1, -0.05) is 0 Å². The predicted octanol–water partition coefficient (Wildman–Crippen LogP) is -7.83. The summed E-state index contributed by atoms with van der Waals surface area (Å²) in [5.74, 6) is 0. The zero-order chi connectivity index (χ0) is 10.8. The first kappa shape index (κ1) is 36.0. The molecule has 0 aliphatic rings. The minimum atomic E-state index is -2.19. The Morgan fingerprint density at radius 2 is 0.500 bits per heavy atom. The van der Waals surface area contributed by atoms with Gasteiger partial charge in [0.05, 0.1) is 0 Å². The molecule has 0 aromatic rings. The average molecular weight is 647 g/mol. The molecule has 0 fully saturated rings. The molecule has 0 aromatic heterocycles. The molecular formula is H4Cd2Ge4O8. The molecule has 0 bridgehead atoms. The van der Waals surface area contributed by atoms with Gasteiger partial charge in [0.15, 0.2) is 0 Å². The first-order valence-electron chi connectivity index (χ1n) is 1.89. The molecule has 0 spiro atoms. The third-order valence-corrected chi connectivity index (χ3v) is 0. The van der Waals surface area contributed by atoms with E-state index in [1.807, 2.05) is 0 Å². The predicted molar refractivity (Wildman–Crippen MR) is 31.3 cm³/mol. The fraction of sp³-hybridized carbons (Fsp3) is 0. The van der Waals surface area contributed by atoms with E-state index in [1.165, 1.54) is 0 Å². The standard InChI is InChI=1S/2Cd.4GeHO2/c;;4*2-1-3/h;;4*1H/q2*+2;4*-1. The molecule has 0 aromatic carbocycles. The van der Waals surface area contributed by atoms with Crippen LogP contribution in [-0.4, -0.2) is 62.8 Å². The van der Waals surface area contributed by atoms with Crippen molar-refractivity contribution in [1.82, 2.24) is 0 Å². The van der Waals surface area contributed by atoms with Crippen molar-refractivity contribution in [3.05, 3.63) is 0 Å². The van der Waals surface area contributed by atoms with E-state index in [4.69, 9.17) is 31.6 Å². The Hall–Kier alpha value is 2.42. The van der Waals surface area contributed by atoms with Crippen LogP contribution in [0.1, 0.15) is 0 Å². The molecule has 14 heavy (non-hydrogen) atoms. The van der Waals surface area contributed by atoms with Crippen LogP contribution >= 0.6 is 0 Å². The molecule has 0 saturated carbocycles. The van der Waals surface area contributed by atoms with Crippen LogP contribution in [0.2, 0.25) is 0 Å². The van der Waals surface area contributed by atoms with Crippen LogP contribution in [0.3, 0.4) is 0 Å². The summed E-state index contributed by atoms with van der Waals surface area (Å²) in [6.45, 7) is 0. The zero-order valence-electron chi connectivity index (χ0n) is 6.99. The van der Waals surface area contributed by atoms with Crippen LogP contribution in [0.25, 0.3) is 0 Å². The molecule has 0 unspecified atom stereocenters. The van der Waals surface area contributed by atoms with Crippen molar-refractivity contribution in [1.29, 1.82) is 0 Å². The second-order valence-corrected chi connectivity index (χ2v) is 2.00. The maximum atomic E-state index is 8.53. The molecule has 0 aliphatic heterocycles. The van der Waals surface area contributed by atoms with E-state index in [9.17, 15) is 0 Å². The van der Waals surface area contributed by atoms with E-state index in [-0.39, 0.29) is 54.6 Å². The van der Waals surface area contributed by atoms with Crippen molar-refractivity contribution >= 4 is 62.8 Å². The number of rotatable bonds is 0. The number of hydrogen-bond acceptors (Lipinski definition) is 8. The summed E-state index contributed by atoms with van der Waals surface area (Å²) in [6.07, 6.45) is 0. The normalized spacial score (nSPS) is 3.43. The molecule has 0 amide bonds. The molecule has 72 valence electrons. The Labute approximate surface area is 146 Å². The Morgan fingerprint density at radius 3 is 0.500 bits per heavy atom. The Kier molecular flexibility index (Phi) is 200. The van der Waals surface area contributed by atoms with Gasteiger partial charge in [0.2, 0.25) is 0 Å². The Morgan fingerprint density at radius 1 is 0.500 bits per heavy atom. The third-order valence-electron chi connectivity index (χ3n) is 0. The van der Waals surface area contributed by atoms with Gasteiger partial charge in [-0.25, -0.2) is 0 Å². The fourth-order valence-corrected chi connectivity index (χ4v) is 0. The first-order valence-corrected chi connectivity index (χ1v) is 9.80. The molecule has 0 atom stereocenters. The van der Waals surface area contributed by atoms with Crippen LogP contribution < -0.4 is 16.5 Å². The van der Waals surface area contributed by atoms with Gasteiger partial charge in [-0.15, -0.1) is 0 Å². The summed E-state index contributed by atoms with van der Waals surface area (Å²) < 4.78 is 68.2. The topological polar surface area (TPSA) is 161 Å². The van der Waals surface area contributed by atoms with Gasteiger partial charge in [0.1, 0.15) is 0 Å². The third kappa shape index (κ3) is 445. The molecule has 0 aliphatic carbocycles. The summed E-state index contributed by atoms with van der Waals surface area (Å²) in [4.78, 5) is 0. The Balaban J connectivity index is -0.0000000145. The monoisotopic (exact) mass is 655 g/mol. The van der Waals surface area contributed by atoms with Crippen LogP contribution in [-0.2, 0) is 69.7 Å². The molecule has 0 N–H and O–H groups in total. The van der Waals surface area contributed by atoms with Crippen LogP contribution in [0, 0.1) is 0 Å². The van der Waals surface area contributed by atoms with Gasteiger partial charge in [0, 0.05) is 0 Å². The van der Waals surface area contributed by atoms with Gasteiger partial charge in [-0.2, -0.15) is 0 Å². The summed E-state index contributed by atoms with van der Waals surface area (Å²) in [5.41, 5.74) is 0. The van der Waals surface area contributed by atoms with E-state index in [0.29, 0.717) is 0 Å². The van der Waals surface area contributed by atoms with Gasteiger partial charge in [0.25, 0.3) is 0 Å². The SMILES string of the molecule is [Cd+2].[Cd+2].[O]=[GeH][O-].[O]=[GeH][O-].[O]=[GeH][O-].[O]=[GeH][O-]. The van der Waals surface area contributed by atoms with E-state index in [2.05, 4.69) is 0 Å². The van der Waals surface area contributed by atoms with Crippen molar-refractivity contribution in [3.63, 3.8) is 0 Å². The van der Waals surface area contributed by atoms with Gasteiger partial charge in [-0.3, -0.25) is 0 Å². The second-order valence-electron chi connectivity index (χ2n) is 0.385. The van der Waals surface area contributed by atoms with E-state index >= 15 is 0 Å². The van der Waals surface area contributed by atoms with Gasteiger partial charge >= 0.3 is 149 Å². The minimum absolute atomic E-state index is 0. The van der Waals surface area contributed by atoms with E-state index in [0.717, 1.165) is 0 Å². The fourth-order valence-electron chi connectivity index (χ4n) is 0. The summed E-state index contributed by atoms with van der Waals surface area (Å²) in [6, 6.07) is 0. The quantitative estimate of drug-likeness (QED) is 0.235. The molecule has 0 heterocycles. The summed E-state index contributed by atoms with van der Waals surface area (Å²) in [5, 5.41) is 0. The van der Waals surface area contributed by atoms with Crippen LogP contribution in [0.15, 0.2) is 0 Å². The van der Waals surface area contributed by atoms with Crippen molar-refractivity contribution in [2.45, 2.75) is 0 Å². The number of hydrogen-bond donors (Lipinski definition) is 0. The second kappa shape index (κ2) is 77.8. The summed E-state index contributed by atoms with van der Waals surface area (Å²) >= 11 is -8.75. The van der Waals surface area contributed by atoms with E-state index in [1.54, 1.807) is 0 Å². The van der Waals surface area contributed by atoms with Crippen molar-refractivity contribution in [2.75, 3.05) is 0 Å². The van der Waals surface area contributed by atoms with Crippen molar-refractivity contribution in [3.8, 4) is 0 Å². The Bertz CT molecular complexity index is 73.3.